The number of pyridine rings is 1. The van der Waals surface area contributed by atoms with E-state index < -0.39 is 11.2 Å². The van der Waals surface area contributed by atoms with Crippen molar-refractivity contribution >= 4 is 0 Å². The van der Waals surface area contributed by atoms with Crippen molar-refractivity contribution in [2.75, 3.05) is 14.2 Å². The lowest BCUT2D eigenvalue weighted by Gasteiger charge is -2.40. The number of nitrogens with zero attached hydrogens (tertiary/aromatic N) is 3. The third-order valence-electron chi connectivity index (χ3n) is 7.24. The van der Waals surface area contributed by atoms with Crippen LogP contribution in [0.25, 0.3) is 0 Å². The Bertz CT molecular complexity index is 1350. The normalized spacial score (nSPS) is 23.4. The minimum Gasteiger partial charge on any atom is -0.481 e. The van der Waals surface area contributed by atoms with E-state index in [9.17, 15) is 15.6 Å². The van der Waals surface area contributed by atoms with Gasteiger partial charge in [-0.2, -0.15) is 10.5 Å². The van der Waals surface area contributed by atoms with Gasteiger partial charge in [0.2, 0.25) is 5.88 Å². The summed E-state index contributed by atoms with van der Waals surface area (Å²) in [5, 5.41) is 34.0. The number of hydrogen-bond acceptors (Lipinski definition) is 7. The zero-order valence-electron chi connectivity index (χ0n) is 21.9. The summed E-state index contributed by atoms with van der Waals surface area (Å²) in [5.41, 5.74) is 0.693. The number of nitriles is 2. The Morgan fingerprint density at radius 2 is 1.73 bits per heavy atom. The molecule has 7 nitrogen and oxygen atoms in total. The van der Waals surface area contributed by atoms with Crippen LogP contribution in [-0.4, -0.2) is 29.8 Å². The molecule has 3 atom stereocenters. The summed E-state index contributed by atoms with van der Waals surface area (Å²) in [4.78, 5) is 4.27. The number of hydrogen-bond donors (Lipinski definition) is 2. The molecule has 7 heteroatoms. The number of aromatic nitrogens is 1. The van der Waals surface area contributed by atoms with Gasteiger partial charge in [-0.05, 0) is 63.9 Å². The van der Waals surface area contributed by atoms with E-state index >= 15 is 0 Å². The predicted molar refractivity (Wildman–Crippen MR) is 140 cm³/mol. The van der Waals surface area contributed by atoms with Gasteiger partial charge in [0.05, 0.1) is 24.3 Å². The van der Waals surface area contributed by atoms with Crippen LogP contribution in [0.5, 0.6) is 11.6 Å². The van der Waals surface area contributed by atoms with E-state index in [1.165, 1.54) is 7.11 Å². The van der Waals surface area contributed by atoms with Crippen molar-refractivity contribution in [3.63, 3.8) is 0 Å². The highest BCUT2D eigenvalue weighted by molar-refractivity contribution is 5.58. The molecule has 2 heterocycles. The quantitative estimate of drug-likeness (QED) is 0.531. The van der Waals surface area contributed by atoms with Crippen LogP contribution in [0.1, 0.15) is 67.5 Å². The van der Waals surface area contributed by atoms with Crippen LogP contribution in [0.2, 0.25) is 0 Å². The average Bonchev–Trinajstić information content (AvgIpc) is 3.35. The van der Waals surface area contributed by atoms with Crippen molar-refractivity contribution in [2.24, 2.45) is 0 Å². The predicted octanol–water partition coefficient (Wildman–Crippen LogP) is 4.89. The minimum absolute atomic E-state index is 0.158. The van der Waals surface area contributed by atoms with Gasteiger partial charge in [0, 0.05) is 17.5 Å². The monoisotopic (exact) mass is 496 g/mol. The van der Waals surface area contributed by atoms with Gasteiger partial charge in [0.15, 0.2) is 5.60 Å². The first-order chi connectivity index (χ1) is 17.6. The molecule has 0 bridgehead atoms. The van der Waals surface area contributed by atoms with Crippen LogP contribution in [0.15, 0.2) is 60.7 Å². The van der Waals surface area contributed by atoms with Crippen LogP contribution in [0.4, 0.5) is 0 Å². The van der Waals surface area contributed by atoms with Crippen molar-refractivity contribution in [1.82, 2.24) is 10.3 Å². The van der Waals surface area contributed by atoms with Gasteiger partial charge >= 0.3 is 0 Å². The Morgan fingerprint density at radius 3 is 2.27 bits per heavy atom. The maximum Gasteiger partial charge on any atom is 0.224 e. The van der Waals surface area contributed by atoms with Crippen molar-refractivity contribution in [2.45, 2.75) is 56.3 Å². The van der Waals surface area contributed by atoms with E-state index in [-0.39, 0.29) is 17.5 Å². The third-order valence-corrected chi connectivity index (χ3v) is 7.24. The number of fused-ring (bicyclic) bond motifs is 3. The smallest absolute Gasteiger partial charge is 0.224 e. The second-order valence-electron chi connectivity index (χ2n) is 10.4. The summed E-state index contributed by atoms with van der Waals surface area (Å²) in [7, 11) is 3.43. The number of benzene rings is 2. The van der Waals surface area contributed by atoms with Gasteiger partial charge in [0.1, 0.15) is 23.1 Å². The molecule has 0 radical (unpaired) electrons. The summed E-state index contributed by atoms with van der Waals surface area (Å²) in [6.07, 6.45) is 1.12. The molecule has 3 unspecified atom stereocenters. The average molecular weight is 497 g/mol. The van der Waals surface area contributed by atoms with E-state index in [1.54, 1.807) is 18.2 Å². The first kappa shape index (κ1) is 26.2. The molecule has 2 aromatic carbocycles. The largest absolute Gasteiger partial charge is 0.481 e. The summed E-state index contributed by atoms with van der Waals surface area (Å²) in [6, 6.07) is 22.8. The van der Waals surface area contributed by atoms with Gasteiger partial charge in [-0.25, -0.2) is 4.98 Å². The first-order valence-electron chi connectivity index (χ1n) is 12.3. The van der Waals surface area contributed by atoms with Crippen LogP contribution in [0, 0.1) is 22.7 Å². The lowest BCUT2D eigenvalue weighted by atomic mass is 9.72. The highest BCUT2D eigenvalue weighted by Gasteiger charge is 2.69. The molecule has 1 fully saturated rings. The molecule has 5 rings (SSSR count). The topological polar surface area (TPSA) is 111 Å². The van der Waals surface area contributed by atoms with E-state index in [0.29, 0.717) is 35.3 Å². The number of aliphatic hydroxyl groups is 1. The maximum absolute atomic E-state index is 12.2. The van der Waals surface area contributed by atoms with Crippen molar-refractivity contribution in [3.05, 3.63) is 88.6 Å². The molecule has 190 valence electrons. The highest BCUT2D eigenvalue weighted by atomic mass is 16.5. The Labute approximate surface area is 218 Å². The van der Waals surface area contributed by atoms with E-state index in [1.807, 2.05) is 55.6 Å². The molecule has 1 aliphatic heterocycles. The molecule has 1 aliphatic carbocycles. The lowest BCUT2D eigenvalue weighted by Crippen LogP contribution is -2.48. The van der Waals surface area contributed by atoms with Crippen LogP contribution < -0.4 is 14.8 Å². The highest BCUT2D eigenvalue weighted by Crippen LogP contribution is 2.67. The molecule has 0 spiro atoms. The standard InChI is InChI=1S/C25H19N3O3.C5H13N/c1-30-23-22-21(13-19(15-27)28-23)31-25(18-9-7-16(14-26)8-10-18)20(11-12-24(22,25)29)17-5-3-2-4-6-17;1-5(2,3)6-4/h2-10,13,20,29H,11-12H2,1H3;6H,1-4H3. The van der Waals surface area contributed by atoms with E-state index in [4.69, 9.17) is 9.47 Å². The maximum atomic E-state index is 12.2. The molecular weight excluding hydrogens is 464 g/mol. The molecular formula is C30H32N4O3. The number of methoxy groups -OCH3 is 1. The molecule has 37 heavy (non-hydrogen) atoms. The second-order valence-corrected chi connectivity index (χ2v) is 10.4. The fourth-order valence-electron chi connectivity index (χ4n) is 5.21. The molecule has 0 saturated heterocycles. The van der Waals surface area contributed by atoms with Crippen molar-refractivity contribution in [1.29, 1.82) is 10.5 Å². The SMILES string of the molecule is CNC(C)(C)C.COc1nc(C#N)cc2c1C1(O)CCC(c3ccccc3)C1(c1ccc(C#N)cc1)O2. The first-order valence-corrected chi connectivity index (χ1v) is 12.3. The zero-order chi connectivity index (χ0) is 26.8. The van der Waals surface area contributed by atoms with Gasteiger partial charge < -0.3 is 19.9 Å². The van der Waals surface area contributed by atoms with Gasteiger partial charge in [-0.1, -0.05) is 42.5 Å². The summed E-state index contributed by atoms with van der Waals surface area (Å²) in [5.74, 6) is 0.436. The number of nitrogens with one attached hydrogen (secondary N) is 1. The van der Waals surface area contributed by atoms with Crippen LogP contribution in [-0.2, 0) is 11.2 Å². The molecule has 1 saturated carbocycles. The fraction of sp³-hybridized carbons (Fsp3) is 0.367. The Kier molecular flexibility index (Phi) is 6.97. The molecule has 2 aliphatic rings. The fourth-order valence-corrected chi connectivity index (χ4v) is 5.21. The number of rotatable bonds is 3. The Balaban J connectivity index is 0.000000480. The molecule has 2 N–H and O–H groups in total. The molecule has 3 aromatic rings. The van der Waals surface area contributed by atoms with Crippen LogP contribution >= 0.6 is 0 Å². The summed E-state index contributed by atoms with van der Waals surface area (Å²) >= 11 is 0. The summed E-state index contributed by atoms with van der Waals surface area (Å²) < 4.78 is 12.1. The zero-order valence-corrected chi connectivity index (χ0v) is 21.9. The Morgan fingerprint density at radius 1 is 1.08 bits per heavy atom. The molecule has 1 aromatic heterocycles. The lowest BCUT2D eigenvalue weighted by molar-refractivity contribution is -0.106. The third kappa shape index (κ3) is 4.42. The Hall–Kier alpha value is -3.91. The van der Waals surface area contributed by atoms with E-state index in [0.717, 1.165) is 11.1 Å². The van der Waals surface area contributed by atoms with Gasteiger partial charge in [-0.15, -0.1) is 0 Å². The van der Waals surface area contributed by atoms with Crippen molar-refractivity contribution < 1.29 is 14.6 Å². The second kappa shape index (κ2) is 9.86. The number of ether oxygens (including phenoxy) is 2. The van der Waals surface area contributed by atoms with Crippen LogP contribution in [0.3, 0.4) is 0 Å². The van der Waals surface area contributed by atoms with Gasteiger partial charge in [-0.3, -0.25) is 0 Å². The molecule has 0 amide bonds. The van der Waals surface area contributed by atoms with Gasteiger partial charge in [0.25, 0.3) is 0 Å². The van der Waals surface area contributed by atoms with Crippen molar-refractivity contribution in [3.8, 4) is 23.8 Å². The summed E-state index contributed by atoms with van der Waals surface area (Å²) in [6.45, 7) is 6.40. The minimum atomic E-state index is -1.41. The van der Waals surface area contributed by atoms with E-state index in [2.05, 4.69) is 37.1 Å².